The van der Waals surface area contributed by atoms with Gasteiger partial charge in [0.1, 0.15) is 12.4 Å². The van der Waals surface area contributed by atoms with Gasteiger partial charge in [-0.3, -0.25) is 4.79 Å². The van der Waals surface area contributed by atoms with Crippen LogP contribution < -0.4 is 9.47 Å². The zero-order valence-electron chi connectivity index (χ0n) is 16.5. The van der Waals surface area contributed by atoms with Crippen molar-refractivity contribution in [2.24, 2.45) is 5.92 Å². The average Bonchev–Trinajstić information content (AvgIpc) is 3.02. The zero-order valence-corrected chi connectivity index (χ0v) is 16.5. The molecule has 1 aliphatic heterocycles. The molecule has 0 spiro atoms. The number of carbonyl (C=O) groups excluding carboxylic acids is 1. The number of rotatable bonds is 5. The lowest BCUT2D eigenvalue weighted by Crippen LogP contribution is -2.44. The molecule has 29 heavy (non-hydrogen) atoms. The summed E-state index contributed by atoms with van der Waals surface area (Å²) < 4.78 is 55.3. The predicted molar refractivity (Wildman–Crippen MR) is 98.0 cm³/mol. The molecule has 2 aromatic rings. The first-order valence-electron chi connectivity index (χ1n) is 9.29. The Bertz CT molecular complexity index is 860. The molecule has 0 saturated carbocycles. The summed E-state index contributed by atoms with van der Waals surface area (Å²) in [6.07, 6.45) is -3.93. The van der Waals surface area contributed by atoms with E-state index in [2.05, 4.69) is 5.16 Å². The molecule has 1 aromatic carbocycles. The van der Waals surface area contributed by atoms with Crippen LogP contribution in [0.15, 0.2) is 22.7 Å². The van der Waals surface area contributed by atoms with Crippen LogP contribution in [0.5, 0.6) is 11.5 Å². The predicted octanol–water partition coefficient (Wildman–Crippen LogP) is 4.29. The number of ether oxygens (including phenoxy) is 2. The van der Waals surface area contributed by atoms with Gasteiger partial charge < -0.3 is 18.9 Å². The fourth-order valence-corrected chi connectivity index (χ4v) is 3.39. The monoisotopic (exact) mass is 412 g/mol. The van der Waals surface area contributed by atoms with Gasteiger partial charge in [-0.25, -0.2) is 0 Å². The lowest BCUT2D eigenvalue weighted by molar-refractivity contribution is -0.184. The van der Waals surface area contributed by atoms with Gasteiger partial charge in [0.25, 0.3) is 5.91 Å². The van der Waals surface area contributed by atoms with Gasteiger partial charge in [0.2, 0.25) is 0 Å². The standard InChI is InChI=1S/C20H23F3N2O4/c1-12-16(13(2)29-24-12)11-28-17-7-6-14(9-18(17)27-3)19(26)25-8-4-5-15(10-25)20(21,22)23/h6-7,9,15H,4-5,8,10-11H2,1-3H3. The summed E-state index contributed by atoms with van der Waals surface area (Å²) in [5.74, 6) is -0.547. The SMILES string of the molecule is COc1cc(C(=O)N2CCCC(C(F)(F)F)C2)ccc1OCc1c(C)noc1C. The van der Waals surface area contributed by atoms with E-state index in [9.17, 15) is 18.0 Å². The molecule has 0 aliphatic carbocycles. The lowest BCUT2D eigenvalue weighted by atomic mass is 9.97. The van der Waals surface area contributed by atoms with Crippen LogP contribution in [0.4, 0.5) is 13.2 Å². The largest absolute Gasteiger partial charge is 0.493 e. The highest BCUT2D eigenvalue weighted by Crippen LogP contribution is 2.34. The maximum absolute atomic E-state index is 13.0. The Hall–Kier alpha value is -2.71. The van der Waals surface area contributed by atoms with E-state index in [0.717, 1.165) is 11.3 Å². The molecule has 9 heteroatoms. The summed E-state index contributed by atoms with van der Waals surface area (Å²) in [4.78, 5) is 14.0. The number of nitrogens with zero attached hydrogens (tertiary/aromatic N) is 2. The van der Waals surface area contributed by atoms with Crippen molar-refractivity contribution in [3.05, 3.63) is 40.8 Å². The molecule has 1 aliphatic rings. The number of amides is 1. The molecule has 2 heterocycles. The maximum atomic E-state index is 13.0. The fraction of sp³-hybridized carbons (Fsp3) is 0.500. The molecule has 3 rings (SSSR count). The van der Waals surface area contributed by atoms with Crippen molar-refractivity contribution in [1.29, 1.82) is 0 Å². The van der Waals surface area contributed by atoms with Crippen LogP contribution in [0.3, 0.4) is 0 Å². The van der Waals surface area contributed by atoms with Crippen LogP contribution >= 0.6 is 0 Å². The third kappa shape index (κ3) is 4.65. The summed E-state index contributed by atoms with van der Waals surface area (Å²) in [6.45, 7) is 3.78. The minimum absolute atomic E-state index is 0.0467. The highest BCUT2D eigenvalue weighted by Gasteiger charge is 2.42. The number of halogens is 3. The van der Waals surface area contributed by atoms with E-state index in [1.807, 2.05) is 0 Å². The van der Waals surface area contributed by atoms with Crippen molar-refractivity contribution in [2.45, 2.75) is 39.5 Å². The zero-order chi connectivity index (χ0) is 21.2. The highest BCUT2D eigenvalue weighted by molar-refractivity contribution is 5.95. The van der Waals surface area contributed by atoms with Crippen LogP contribution in [0, 0.1) is 19.8 Å². The number of hydrogen-bond acceptors (Lipinski definition) is 5. The van der Waals surface area contributed by atoms with Gasteiger partial charge in [0.15, 0.2) is 11.5 Å². The third-order valence-electron chi connectivity index (χ3n) is 5.14. The quantitative estimate of drug-likeness (QED) is 0.733. The molecule has 1 atom stereocenters. The molecule has 158 valence electrons. The minimum Gasteiger partial charge on any atom is -0.493 e. The Morgan fingerprint density at radius 2 is 2.07 bits per heavy atom. The van der Waals surface area contributed by atoms with Crippen molar-refractivity contribution in [1.82, 2.24) is 10.1 Å². The van der Waals surface area contributed by atoms with Crippen LogP contribution in [-0.2, 0) is 6.61 Å². The van der Waals surface area contributed by atoms with Gasteiger partial charge in [-0.1, -0.05) is 5.16 Å². The van der Waals surface area contributed by atoms with Gasteiger partial charge in [0, 0.05) is 18.7 Å². The highest BCUT2D eigenvalue weighted by atomic mass is 19.4. The molecule has 0 bridgehead atoms. The molecule has 1 amide bonds. The van der Waals surface area contributed by atoms with E-state index in [1.165, 1.54) is 24.1 Å². The number of piperidine rings is 1. The van der Waals surface area contributed by atoms with Crippen LogP contribution in [0.1, 0.15) is 40.2 Å². The first kappa shape index (κ1) is 21.0. The van der Waals surface area contributed by atoms with E-state index in [0.29, 0.717) is 30.2 Å². The Balaban J connectivity index is 1.73. The summed E-state index contributed by atoms with van der Waals surface area (Å²) in [5.41, 5.74) is 1.80. The second-order valence-corrected chi connectivity index (χ2v) is 7.09. The first-order chi connectivity index (χ1) is 13.7. The van der Waals surface area contributed by atoms with E-state index in [1.54, 1.807) is 19.9 Å². The Kier molecular flexibility index (Phi) is 6.04. The number of aryl methyl sites for hydroxylation is 2. The Morgan fingerprint density at radius 3 is 2.69 bits per heavy atom. The average molecular weight is 412 g/mol. The molecule has 1 unspecified atom stereocenters. The van der Waals surface area contributed by atoms with Gasteiger partial charge in [-0.05, 0) is 44.9 Å². The lowest BCUT2D eigenvalue weighted by Gasteiger charge is -2.33. The number of methoxy groups -OCH3 is 1. The molecule has 1 fully saturated rings. The molecular weight excluding hydrogens is 389 g/mol. The molecule has 1 aromatic heterocycles. The van der Waals surface area contributed by atoms with Crippen molar-refractivity contribution in [2.75, 3.05) is 20.2 Å². The topological polar surface area (TPSA) is 64.8 Å². The van der Waals surface area contributed by atoms with Gasteiger partial charge in [0.05, 0.1) is 24.3 Å². The number of hydrogen-bond donors (Lipinski definition) is 0. The summed E-state index contributed by atoms with van der Waals surface area (Å²) in [6, 6.07) is 4.60. The smallest absolute Gasteiger partial charge is 0.393 e. The Labute approximate surface area is 166 Å². The van der Waals surface area contributed by atoms with Gasteiger partial charge in [-0.2, -0.15) is 13.2 Å². The fourth-order valence-electron chi connectivity index (χ4n) is 3.39. The Morgan fingerprint density at radius 1 is 1.31 bits per heavy atom. The number of carbonyl (C=O) groups is 1. The number of alkyl halides is 3. The van der Waals surface area contributed by atoms with Gasteiger partial charge >= 0.3 is 6.18 Å². The second kappa shape index (κ2) is 8.34. The molecule has 1 saturated heterocycles. The van der Waals surface area contributed by atoms with Crippen molar-refractivity contribution in [3.8, 4) is 11.5 Å². The van der Waals surface area contributed by atoms with Gasteiger partial charge in [-0.15, -0.1) is 0 Å². The first-order valence-corrected chi connectivity index (χ1v) is 9.29. The summed E-state index contributed by atoms with van der Waals surface area (Å²) >= 11 is 0. The number of aromatic nitrogens is 1. The van der Waals surface area contributed by atoms with Crippen molar-refractivity contribution in [3.63, 3.8) is 0 Å². The minimum atomic E-state index is -4.30. The van der Waals surface area contributed by atoms with Crippen molar-refractivity contribution < 1.29 is 32.0 Å². The molecular formula is C20H23F3N2O4. The van der Waals surface area contributed by atoms with E-state index >= 15 is 0 Å². The maximum Gasteiger partial charge on any atom is 0.393 e. The van der Waals surface area contributed by atoms with Crippen molar-refractivity contribution >= 4 is 5.91 Å². The molecule has 6 nitrogen and oxygen atoms in total. The summed E-state index contributed by atoms with van der Waals surface area (Å²) in [5, 5.41) is 3.87. The second-order valence-electron chi connectivity index (χ2n) is 7.09. The molecule has 0 N–H and O–H groups in total. The van der Waals surface area contributed by atoms with E-state index in [-0.39, 0.29) is 25.1 Å². The van der Waals surface area contributed by atoms with Crippen LogP contribution in [-0.4, -0.2) is 42.3 Å². The van der Waals surface area contributed by atoms with E-state index < -0.39 is 18.0 Å². The number of likely N-dealkylation sites (tertiary alicyclic amines) is 1. The summed E-state index contributed by atoms with van der Waals surface area (Å²) in [7, 11) is 1.44. The van der Waals surface area contributed by atoms with E-state index in [4.69, 9.17) is 14.0 Å². The van der Waals surface area contributed by atoms with Crippen LogP contribution in [0.25, 0.3) is 0 Å². The molecule has 0 radical (unpaired) electrons. The van der Waals surface area contributed by atoms with Crippen LogP contribution in [0.2, 0.25) is 0 Å². The normalized spacial score (nSPS) is 17.3. The third-order valence-corrected chi connectivity index (χ3v) is 5.14. The number of benzene rings is 1.